The summed E-state index contributed by atoms with van der Waals surface area (Å²) in [7, 11) is 1.67. The van der Waals surface area contributed by atoms with Crippen LogP contribution in [-0.4, -0.2) is 42.7 Å². The van der Waals surface area contributed by atoms with E-state index in [2.05, 4.69) is 32.7 Å². The molecule has 1 aliphatic rings. The number of hydrogen-bond donors (Lipinski definition) is 2. The van der Waals surface area contributed by atoms with E-state index in [1.807, 2.05) is 60.7 Å². The minimum absolute atomic E-state index is 0.124. The zero-order chi connectivity index (χ0) is 22.2. The van der Waals surface area contributed by atoms with E-state index < -0.39 is 0 Å². The number of nitrogens with one attached hydrogen (secondary N) is 2. The van der Waals surface area contributed by atoms with Crippen molar-refractivity contribution in [2.75, 3.05) is 26.7 Å². The molecule has 166 valence electrons. The number of urea groups is 1. The maximum Gasteiger partial charge on any atom is 0.315 e. The van der Waals surface area contributed by atoms with E-state index in [0.29, 0.717) is 6.54 Å². The van der Waals surface area contributed by atoms with Crippen LogP contribution in [0.1, 0.15) is 41.7 Å². The zero-order valence-electron chi connectivity index (χ0n) is 18.4. The molecule has 0 saturated carbocycles. The summed E-state index contributed by atoms with van der Waals surface area (Å²) in [5, 5.41) is 6.22. The van der Waals surface area contributed by atoms with Gasteiger partial charge in [-0.25, -0.2) is 4.79 Å². The molecule has 2 heterocycles. The molecule has 1 fully saturated rings. The number of rotatable bonds is 8. The number of pyridine rings is 1. The molecule has 0 spiro atoms. The lowest BCUT2D eigenvalue weighted by molar-refractivity contribution is 0.219. The Morgan fingerprint density at radius 2 is 1.69 bits per heavy atom. The zero-order valence-corrected chi connectivity index (χ0v) is 18.4. The number of hydrogen-bond acceptors (Lipinski definition) is 4. The lowest BCUT2D eigenvalue weighted by atomic mass is 10.0. The second-order valence-electron chi connectivity index (χ2n) is 7.98. The van der Waals surface area contributed by atoms with E-state index in [4.69, 9.17) is 4.74 Å². The Kier molecular flexibility index (Phi) is 7.35. The fraction of sp³-hybridized carbons (Fsp3) is 0.308. The highest BCUT2D eigenvalue weighted by molar-refractivity contribution is 5.75. The summed E-state index contributed by atoms with van der Waals surface area (Å²) in [4.78, 5) is 19.9. The normalized spacial score (nSPS) is 15.7. The van der Waals surface area contributed by atoms with Crippen LogP contribution in [0.4, 0.5) is 4.79 Å². The first-order valence-corrected chi connectivity index (χ1v) is 11.1. The second kappa shape index (κ2) is 10.8. The minimum atomic E-state index is -0.316. The molecule has 1 aromatic heterocycles. The van der Waals surface area contributed by atoms with Gasteiger partial charge in [0, 0.05) is 12.7 Å². The van der Waals surface area contributed by atoms with Crippen LogP contribution in [0.15, 0.2) is 79.0 Å². The van der Waals surface area contributed by atoms with Crippen LogP contribution in [0, 0.1) is 0 Å². The van der Waals surface area contributed by atoms with Gasteiger partial charge in [-0.2, -0.15) is 0 Å². The van der Waals surface area contributed by atoms with Crippen molar-refractivity contribution in [1.29, 1.82) is 0 Å². The van der Waals surface area contributed by atoms with Crippen LogP contribution in [0.2, 0.25) is 0 Å². The number of carbonyl (C=O) groups is 1. The van der Waals surface area contributed by atoms with Crippen LogP contribution < -0.4 is 15.4 Å². The Bertz CT molecular complexity index is 934. The molecular formula is C26H30N4O2. The SMILES string of the molecule is COc1ccc(C(CNC(=O)NC(c2ccccc2)c2ccccn2)N2CCCC2)cc1. The van der Waals surface area contributed by atoms with Crippen LogP contribution >= 0.6 is 0 Å². The van der Waals surface area contributed by atoms with Crippen molar-refractivity contribution in [3.8, 4) is 5.75 Å². The highest BCUT2D eigenvalue weighted by atomic mass is 16.5. The molecule has 2 amide bonds. The van der Waals surface area contributed by atoms with Gasteiger partial charge >= 0.3 is 6.03 Å². The maximum absolute atomic E-state index is 13.0. The topological polar surface area (TPSA) is 66.5 Å². The molecule has 32 heavy (non-hydrogen) atoms. The third-order valence-electron chi connectivity index (χ3n) is 5.93. The molecule has 4 rings (SSSR count). The molecule has 2 unspecified atom stereocenters. The van der Waals surface area contributed by atoms with Crippen molar-refractivity contribution >= 4 is 6.03 Å². The minimum Gasteiger partial charge on any atom is -0.497 e. The van der Waals surface area contributed by atoms with Crippen molar-refractivity contribution < 1.29 is 9.53 Å². The molecule has 2 atom stereocenters. The van der Waals surface area contributed by atoms with E-state index >= 15 is 0 Å². The molecule has 3 aromatic rings. The summed E-state index contributed by atoms with van der Waals surface area (Å²) in [5.74, 6) is 0.834. The van der Waals surface area contributed by atoms with Crippen LogP contribution in [0.3, 0.4) is 0 Å². The Balaban J connectivity index is 1.46. The van der Waals surface area contributed by atoms with Crippen LogP contribution in [0.5, 0.6) is 5.75 Å². The number of carbonyl (C=O) groups excluding carboxylic acids is 1. The first kappa shape index (κ1) is 21.8. The summed E-state index contributed by atoms with van der Waals surface area (Å²) in [5.41, 5.74) is 2.98. The molecule has 2 aromatic carbocycles. The van der Waals surface area contributed by atoms with Crippen LogP contribution in [0.25, 0.3) is 0 Å². The number of benzene rings is 2. The van der Waals surface area contributed by atoms with Gasteiger partial charge in [0.15, 0.2) is 0 Å². The van der Waals surface area contributed by atoms with E-state index in [9.17, 15) is 4.79 Å². The van der Waals surface area contributed by atoms with Gasteiger partial charge in [0.05, 0.1) is 24.9 Å². The second-order valence-corrected chi connectivity index (χ2v) is 7.98. The Morgan fingerprint density at radius 1 is 0.969 bits per heavy atom. The average Bonchev–Trinajstić information content (AvgIpc) is 3.39. The third-order valence-corrected chi connectivity index (χ3v) is 5.93. The summed E-state index contributed by atoms with van der Waals surface area (Å²) in [6, 6.07) is 23.4. The number of aromatic nitrogens is 1. The van der Waals surface area contributed by atoms with Crippen molar-refractivity contribution in [3.63, 3.8) is 0 Å². The maximum atomic E-state index is 13.0. The van der Waals surface area contributed by atoms with E-state index in [0.717, 1.165) is 30.1 Å². The number of amides is 2. The van der Waals surface area contributed by atoms with E-state index in [-0.39, 0.29) is 18.1 Å². The quantitative estimate of drug-likeness (QED) is 0.559. The fourth-order valence-corrected chi connectivity index (χ4v) is 4.23. The van der Waals surface area contributed by atoms with Gasteiger partial charge in [0.25, 0.3) is 0 Å². The first-order valence-electron chi connectivity index (χ1n) is 11.1. The van der Waals surface area contributed by atoms with Gasteiger partial charge < -0.3 is 15.4 Å². The van der Waals surface area contributed by atoms with Crippen molar-refractivity contribution in [2.24, 2.45) is 0 Å². The number of ether oxygens (including phenoxy) is 1. The molecule has 2 N–H and O–H groups in total. The van der Waals surface area contributed by atoms with E-state index in [1.165, 1.54) is 18.4 Å². The first-order chi connectivity index (χ1) is 15.7. The molecule has 1 saturated heterocycles. The van der Waals surface area contributed by atoms with Gasteiger partial charge in [0.2, 0.25) is 0 Å². The van der Waals surface area contributed by atoms with Gasteiger partial charge in [-0.1, -0.05) is 48.5 Å². The fourth-order valence-electron chi connectivity index (χ4n) is 4.23. The summed E-state index contributed by atoms with van der Waals surface area (Å²) in [6.45, 7) is 2.61. The molecule has 6 heteroatoms. The third kappa shape index (κ3) is 5.45. The predicted octanol–water partition coefficient (Wildman–Crippen LogP) is 4.32. The summed E-state index contributed by atoms with van der Waals surface area (Å²) < 4.78 is 5.30. The summed E-state index contributed by atoms with van der Waals surface area (Å²) >= 11 is 0. The standard InChI is InChI=1S/C26H30N4O2/c1-32-22-14-12-20(13-15-22)24(30-17-7-8-18-30)19-28-26(31)29-25(21-9-3-2-4-10-21)23-11-5-6-16-27-23/h2-6,9-16,24-25H,7-8,17-19H2,1H3,(H2,28,29,31). The largest absolute Gasteiger partial charge is 0.497 e. The number of likely N-dealkylation sites (tertiary alicyclic amines) is 1. The lowest BCUT2D eigenvalue weighted by Crippen LogP contribution is -2.43. The molecule has 0 bridgehead atoms. The highest BCUT2D eigenvalue weighted by Gasteiger charge is 2.25. The molecule has 0 aliphatic carbocycles. The van der Waals surface area contributed by atoms with Gasteiger partial charge in [-0.15, -0.1) is 0 Å². The van der Waals surface area contributed by atoms with Gasteiger partial charge in [-0.05, 0) is 61.3 Å². The van der Waals surface area contributed by atoms with Crippen molar-refractivity contribution in [1.82, 2.24) is 20.5 Å². The Labute approximate surface area is 189 Å². The van der Waals surface area contributed by atoms with Crippen molar-refractivity contribution in [3.05, 3.63) is 95.8 Å². The number of methoxy groups -OCH3 is 1. The highest BCUT2D eigenvalue weighted by Crippen LogP contribution is 2.26. The van der Waals surface area contributed by atoms with Crippen molar-refractivity contribution in [2.45, 2.75) is 24.9 Å². The Hall–Kier alpha value is -3.38. The Morgan fingerprint density at radius 3 is 2.34 bits per heavy atom. The lowest BCUT2D eigenvalue weighted by Gasteiger charge is -2.29. The predicted molar refractivity (Wildman–Crippen MR) is 126 cm³/mol. The summed E-state index contributed by atoms with van der Waals surface area (Å²) in [6.07, 6.45) is 4.13. The smallest absolute Gasteiger partial charge is 0.315 e. The average molecular weight is 431 g/mol. The molecular weight excluding hydrogens is 400 g/mol. The van der Waals surface area contributed by atoms with Gasteiger partial charge in [0.1, 0.15) is 5.75 Å². The molecule has 0 radical (unpaired) electrons. The molecule has 1 aliphatic heterocycles. The van der Waals surface area contributed by atoms with Gasteiger partial charge in [-0.3, -0.25) is 9.88 Å². The molecule has 6 nitrogen and oxygen atoms in total. The van der Waals surface area contributed by atoms with Crippen LogP contribution in [-0.2, 0) is 0 Å². The monoisotopic (exact) mass is 430 g/mol. The van der Waals surface area contributed by atoms with E-state index in [1.54, 1.807) is 13.3 Å². The number of nitrogens with zero attached hydrogens (tertiary/aromatic N) is 2.